The van der Waals surface area contributed by atoms with Gasteiger partial charge in [-0.05, 0) is 24.6 Å². The normalized spacial score (nSPS) is 10.8. The van der Waals surface area contributed by atoms with Gasteiger partial charge in [-0.25, -0.2) is 9.50 Å². The minimum absolute atomic E-state index is 0.0366. The predicted molar refractivity (Wildman–Crippen MR) is 80.9 cm³/mol. The van der Waals surface area contributed by atoms with Crippen molar-refractivity contribution in [3.05, 3.63) is 48.3 Å². The smallest absolute Gasteiger partial charge is 0.303 e. The van der Waals surface area contributed by atoms with Crippen LogP contribution in [-0.4, -0.2) is 32.8 Å². The monoisotopic (exact) mass is 297 g/mol. The molecule has 0 bridgehead atoms. The molecule has 2 heterocycles. The van der Waals surface area contributed by atoms with Crippen molar-refractivity contribution in [3.8, 4) is 17.0 Å². The van der Waals surface area contributed by atoms with E-state index in [2.05, 4.69) is 10.1 Å². The third-order valence-electron chi connectivity index (χ3n) is 3.42. The molecule has 6 heteroatoms. The summed E-state index contributed by atoms with van der Waals surface area (Å²) in [6, 6.07) is 9.33. The standard InChI is InChI=1S/C16H15N3O3/c1-22-12-5-2-4-11(10-12)15-13(6-7-14(20)21)16-17-8-3-9-19(16)18-15/h2-5,8-10H,6-7H2,1H3,(H,20,21). The second-order valence-electron chi connectivity index (χ2n) is 4.84. The molecule has 0 atom stereocenters. The maximum atomic E-state index is 10.9. The van der Waals surface area contributed by atoms with E-state index in [1.807, 2.05) is 24.3 Å². The van der Waals surface area contributed by atoms with Gasteiger partial charge in [-0.15, -0.1) is 0 Å². The van der Waals surface area contributed by atoms with Gasteiger partial charge in [-0.1, -0.05) is 12.1 Å². The maximum absolute atomic E-state index is 10.9. The average Bonchev–Trinajstić information content (AvgIpc) is 2.91. The minimum atomic E-state index is -0.841. The zero-order valence-electron chi connectivity index (χ0n) is 12.1. The molecule has 0 saturated carbocycles. The van der Waals surface area contributed by atoms with E-state index < -0.39 is 5.97 Å². The van der Waals surface area contributed by atoms with Crippen LogP contribution in [0.15, 0.2) is 42.7 Å². The van der Waals surface area contributed by atoms with E-state index in [0.29, 0.717) is 12.1 Å². The van der Waals surface area contributed by atoms with E-state index in [9.17, 15) is 4.79 Å². The number of aryl methyl sites for hydroxylation is 1. The molecule has 0 aliphatic heterocycles. The number of ether oxygens (including phenoxy) is 1. The molecule has 0 radical (unpaired) electrons. The highest BCUT2D eigenvalue weighted by Crippen LogP contribution is 2.28. The minimum Gasteiger partial charge on any atom is -0.497 e. The largest absolute Gasteiger partial charge is 0.497 e. The molecule has 0 spiro atoms. The fraction of sp³-hybridized carbons (Fsp3) is 0.188. The molecular formula is C16H15N3O3. The molecule has 0 amide bonds. The summed E-state index contributed by atoms with van der Waals surface area (Å²) >= 11 is 0. The van der Waals surface area contributed by atoms with Gasteiger partial charge in [0.05, 0.1) is 12.8 Å². The summed E-state index contributed by atoms with van der Waals surface area (Å²) in [7, 11) is 1.61. The van der Waals surface area contributed by atoms with E-state index >= 15 is 0 Å². The third kappa shape index (κ3) is 2.63. The van der Waals surface area contributed by atoms with E-state index in [4.69, 9.17) is 9.84 Å². The van der Waals surface area contributed by atoms with Crippen molar-refractivity contribution in [1.82, 2.24) is 14.6 Å². The summed E-state index contributed by atoms with van der Waals surface area (Å²) in [5, 5.41) is 13.5. The number of hydrogen-bond donors (Lipinski definition) is 1. The fourth-order valence-corrected chi connectivity index (χ4v) is 2.40. The molecule has 0 aliphatic carbocycles. The van der Waals surface area contributed by atoms with Crippen LogP contribution in [0.1, 0.15) is 12.0 Å². The maximum Gasteiger partial charge on any atom is 0.303 e. The first kappa shape index (κ1) is 14.1. The fourth-order valence-electron chi connectivity index (χ4n) is 2.40. The predicted octanol–water partition coefficient (Wildman–Crippen LogP) is 2.42. The molecule has 2 aromatic heterocycles. The van der Waals surface area contributed by atoms with Gasteiger partial charge in [-0.3, -0.25) is 4.79 Å². The average molecular weight is 297 g/mol. The molecule has 0 unspecified atom stereocenters. The highest BCUT2D eigenvalue weighted by Gasteiger charge is 2.16. The van der Waals surface area contributed by atoms with Gasteiger partial charge in [0.2, 0.25) is 0 Å². The quantitative estimate of drug-likeness (QED) is 0.782. The number of aliphatic carboxylic acids is 1. The molecule has 0 fully saturated rings. The topological polar surface area (TPSA) is 76.7 Å². The molecule has 3 aromatic rings. The van der Waals surface area contributed by atoms with Crippen LogP contribution < -0.4 is 4.74 Å². The molecule has 6 nitrogen and oxygen atoms in total. The van der Waals surface area contributed by atoms with Crippen molar-refractivity contribution in [3.63, 3.8) is 0 Å². The zero-order valence-corrected chi connectivity index (χ0v) is 12.1. The highest BCUT2D eigenvalue weighted by atomic mass is 16.5. The number of carboxylic acid groups (broad SMARTS) is 1. The number of carbonyl (C=O) groups is 1. The number of fused-ring (bicyclic) bond motifs is 1. The summed E-state index contributed by atoms with van der Waals surface area (Å²) in [4.78, 5) is 15.2. The van der Waals surface area contributed by atoms with Crippen LogP contribution in [0.25, 0.3) is 16.9 Å². The molecular weight excluding hydrogens is 282 g/mol. The molecule has 1 N–H and O–H groups in total. The lowest BCUT2D eigenvalue weighted by atomic mass is 10.0. The van der Waals surface area contributed by atoms with Crippen LogP contribution in [0.3, 0.4) is 0 Å². The Kier molecular flexibility index (Phi) is 3.74. The van der Waals surface area contributed by atoms with E-state index in [-0.39, 0.29) is 6.42 Å². The molecule has 22 heavy (non-hydrogen) atoms. The number of hydrogen-bond acceptors (Lipinski definition) is 4. The molecule has 0 aliphatic rings. The highest BCUT2D eigenvalue weighted by molar-refractivity contribution is 5.73. The lowest BCUT2D eigenvalue weighted by molar-refractivity contribution is -0.136. The summed E-state index contributed by atoms with van der Waals surface area (Å²) in [6.07, 6.45) is 3.89. The van der Waals surface area contributed by atoms with Crippen LogP contribution in [0.4, 0.5) is 0 Å². The van der Waals surface area contributed by atoms with Gasteiger partial charge in [0.1, 0.15) is 5.75 Å². The van der Waals surface area contributed by atoms with Crippen molar-refractivity contribution < 1.29 is 14.6 Å². The Morgan fingerprint density at radius 3 is 3.00 bits per heavy atom. The Morgan fingerprint density at radius 1 is 1.36 bits per heavy atom. The lowest BCUT2D eigenvalue weighted by Crippen LogP contribution is -1.99. The number of aromatic nitrogens is 3. The first-order valence-corrected chi connectivity index (χ1v) is 6.87. The van der Waals surface area contributed by atoms with Gasteiger partial charge >= 0.3 is 5.97 Å². The van der Waals surface area contributed by atoms with Crippen LogP contribution in [0.2, 0.25) is 0 Å². The summed E-state index contributed by atoms with van der Waals surface area (Å²) < 4.78 is 6.92. The van der Waals surface area contributed by atoms with Crippen LogP contribution in [-0.2, 0) is 11.2 Å². The molecule has 112 valence electrons. The third-order valence-corrected chi connectivity index (χ3v) is 3.42. The first-order chi connectivity index (χ1) is 10.7. The van der Waals surface area contributed by atoms with Crippen LogP contribution >= 0.6 is 0 Å². The van der Waals surface area contributed by atoms with Gasteiger partial charge in [-0.2, -0.15) is 5.10 Å². The van der Waals surface area contributed by atoms with Crippen LogP contribution in [0.5, 0.6) is 5.75 Å². The van der Waals surface area contributed by atoms with Gasteiger partial charge < -0.3 is 9.84 Å². The number of nitrogens with zero attached hydrogens (tertiary/aromatic N) is 3. The van der Waals surface area contributed by atoms with Crippen molar-refractivity contribution in [2.24, 2.45) is 0 Å². The first-order valence-electron chi connectivity index (χ1n) is 6.87. The van der Waals surface area contributed by atoms with Crippen molar-refractivity contribution in [2.75, 3.05) is 7.11 Å². The molecule has 3 rings (SSSR count). The Hall–Kier alpha value is -2.89. The number of methoxy groups -OCH3 is 1. The van der Waals surface area contributed by atoms with Crippen molar-refractivity contribution in [2.45, 2.75) is 12.8 Å². The lowest BCUT2D eigenvalue weighted by Gasteiger charge is -2.04. The van der Waals surface area contributed by atoms with E-state index in [1.54, 1.807) is 30.1 Å². The Balaban J connectivity index is 2.14. The zero-order chi connectivity index (χ0) is 15.5. The van der Waals surface area contributed by atoms with Gasteiger partial charge in [0.25, 0.3) is 0 Å². The van der Waals surface area contributed by atoms with Gasteiger partial charge in [0.15, 0.2) is 5.65 Å². The summed E-state index contributed by atoms with van der Waals surface area (Å²) in [5.74, 6) is -0.112. The Bertz CT molecular complexity index is 826. The number of benzene rings is 1. The van der Waals surface area contributed by atoms with Crippen LogP contribution in [0, 0.1) is 0 Å². The van der Waals surface area contributed by atoms with Gasteiger partial charge in [0, 0.05) is 29.9 Å². The SMILES string of the molecule is COc1cccc(-c2nn3cccnc3c2CCC(=O)O)c1. The second kappa shape index (κ2) is 5.85. The van der Waals surface area contributed by atoms with Crippen molar-refractivity contribution >= 4 is 11.6 Å². The second-order valence-corrected chi connectivity index (χ2v) is 4.84. The molecule has 0 saturated heterocycles. The van der Waals surface area contributed by atoms with E-state index in [0.717, 1.165) is 22.6 Å². The number of rotatable bonds is 5. The molecule has 1 aromatic carbocycles. The van der Waals surface area contributed by atoms with Crippen molar-refractivity contribution in [1.29, 1.82) is 0 Å². The summed E-state index contributed by atoms with van der Waals surface area (Å²) in [6.45, 7) is 0. The van der Waals surface area contributed by atoms with E-state index in [1.165, 1.54) is 0 Å². The Labute approximate surface area is 127 Å². The Morgan fingerprint density at radius 2 is 2.23 bits per heavy atom. The summed E-state index contributed by atoms with van der Waals surface area (Å²) in [5.41, 5.74) is 3.13. The number of carboxylic acids is 1.